The van der Waals surface area contributed by atoms with E-state index in [1.54, 1.807) is 24.3 Å². The number of hydrogen-bond acceptors (Lipinski definition) is 4. The normalized spacial score (nSPS) is 19.5. The topological polar surface area (TPSA) is 75.7 Å². The summed E-state index contributed by atoms with van der Waals surface area (Å²) >= 11 is 0. The van der Waals surface area contributed by atoms with Crippen LogP contribution >= 0.6 is 0 Å². The number of nitrogens with one attached hydrogen (secondary N) is 1. The van der Waals surface area contributed by atoms with Gasteiger partial charge in [-0.25, -0.2) is 4.79 Å². The van der Waals surface area contributed by atoms with Gasteiger partial charge in [0, 0.05) is 30.3 Å². The monoisotopic (exact) mass is 392 g/mol. The van der Waals surface area contributed by atoms with Crippen molar-refractivity contribution in [1.29, 1.82) is 0 Å². The molecule has 2 aliphatic rings. The zero-order chi connectivity index (χ0) is 20.4. The number of esters is 1. The van der Waals surface area contributed by atoms with Gasteiger partial charge < -0.3 is 15.0 Å². The van der Waals surface area contributed by atoms with Crippen molar-refractivity contribution in [2.75, 3.05) is 25.5 Å². The van der Waals surface area contributed by atoms with E-state index in [-0.39, 0.29) is 23.1 Å². The lowest BCUT2D eigenvalue weighted by Gasteiger charge is -2.33. The van der Waals surface area contributed by atoms with Crippen molar-refractivity contribution in [3.8, 4) is 0 Å². The van der Waals surface area contributed by atoms with Gasteiger partial charge in [-0.2, -0.15) is 0 Å². The molecule has 1 spiro atoms. The third-order valence-electron chi connectivity index (χ3n) is 6.12. The number of likely N-dealkylation sites (tertiary alicyclic amines) is 1. The van der Waals surface area contributed by atoms with Crippen LogP contribution in [-0.4, -0.2) is 42.9 Å². The maximum Gasteiger partial charge on any atom is 0.337 e. The number of carbonyl (C=O) groups excluding carboxylic acids is 3. The van der Waals surface area contributed by atoms with Crippen molar-refractivity contribution in [2.45, 2.75) is 19.3 Å². The van der Waals surface area contributed by atoms with E-state index >= 15 is 0 Å². The maximum absolute atomic E-state index is 12.8. The molecular weight excluding hydrogens is 368 g/mol. The first kappa shape index (κ1) is 19.2. The van der Waals surface area contributed by atoms with E-state index in [9.17, 15) is 14.4 Å². The van der Waals surface area contributed by atoms with Crippen molar-refractivity contribution in [2.24, 2.45) is 11.3 Å². The molecule has 1 atom stereocenters. The number of anilines is 1. The molecule has 2 aromatic rings. The standard InChI is InChI=1S/C23H24N2O4/c1-29-22(28)17-7-5-6-16(14-17)21(27)25-12-10-23(11-13-25)15-19(23)20(26)24-18-8-3-2-4-9-18/h2-9,14,19H,10-13,15H2,1H3,(H,24,26). The second kappa shape index (κ2) is 7.70. The number of rotatable bonds is 4. The smallest absolute Gasteiger partial charge is 0.337 e. The van der Waals surface area contributed by atoms with E-state index in [2.05, 4.69) is 5.32 Å². The molecule has 4 rings (SSSR count). The number of ether oxygens (including phenoxy) is 1. The molecule has 0 aromatic heterocycles. The van der Waals surface area contributed by atoms with E-state index in [0.29, 0.717) is 24.2 Å². The van der Waals surface area contributed by atoms with Crippen LogP contribution in [-0.2, 0) is 9.53 Å². The van der Waals surface area contributed by atoms with Crippen LogP contribution in [0, 0.1) is 11.3 Å². The Labute approximate surface area is 169 Å². The molecule has 1 N–H and O–H groups in total. The van der Waals surface area contributed by atoms with Crippen LogP contribution in [0.5, 0.6) is 0 Å². The summed E-state index contributed by atoms with van der Waals surface area (Å²) in [4.78, 5) is 38.9. The van der Waals surface area contributed by atoms with E-state index in [0.717, 1.165) is 24.9 Å². The Morgan fingerprint density at radius 3 is 2.38 bits per heavy atom. The van der Waals surface area contributed by atoms with Crippen LogP contribution in [0.4, 0.5) is 5.69 Å². The number of amides is 2. The third kappa shape index (κ3) is 3.88. The summed E-state index contributed by atoms with van der Waals surface area (Å²) in [6, 6.07) is 16.1. The molecule has 6 heteroatoms. The summed E-state index contributed by atoms with van der Waals surface area (Å²) in [6.07, 6.45) is 2.52. The van der Waals surface area contributed by atoms with Crippen molar-refractivity contribution in [3.05, 3.63) is 65.7 Å². The Balaban J connectivity index is 1.35. The highest BCUT2D eigenvalue weighted by Gasteiger charge is 2.58. The first-order valence-corrected chi connectivity index (χ1v) is 9.86. The molecule has 0 radical (unpaired) electrons. The molecule has 1 aliphatic carbocycles. The zero-order valence-corrected chi connectivity index (χ0v) is 16.4. The van der Waals surface area contributed by atoms with Gasteiger partial charge in [-0.3, -0.25) is 9.59 Å². The van der Waals surface area contributed by atoms with E-state index < -0.39 is 5.97 Å². The van der Waals surface area contributed by atoms with Crippen molar-refractivity contribution in [1.82, 2.24) is 4.90 Å². The van der Waals surface area contributed by atoms with Crippen molar-refractivity contribution in [3.63, 3.8) is 0 Å². The summed E-state index contributed by atoms with van der Waals surface area (Å²) in [7, 11) is 1.32. The number of methoxy groups -OCH3 is 1. The highest BCUT2D eigenvalue weighted by molar-refractivity contribution is 5.98. The molecular formula is C23H24N2O4. The Hall–Kier alpha value is -3.15. The molecule has 2 amide bonds. The number of carbonyl (C=O) groups is 3. The molecule has 0 bridgehead atoms. The lowest BCUT2D eigenvalue weighted by atomic mass is 9.90. The van der Waals surface area contributed by atoms with Crippen LogP contribution in [0.3, 0.4) is 0 Å². The largest absolute Gasteiger partial charge is 0.465 e. The van der Waals surface area contributed by atoms with Crippen LogP contribution in [0.1, 0.15) is 40.0 Å². The van der Waals surface area contributed by atoms with Gasteiger partial charge in [0.25, 0.3) is 5.91 Å². The lowest BCUT2D eigenvalue weighted by molar-refractivity contribution is -0.118. The van der Waals surface area contributed by atoms with Gasteiger partial charge in [0.05, 0.1) is 12.7 Å². The minimum Gasteiger partial charge on any atom is -0.465 e. The van der Waals surface area contributed by atoms with Gasteiger partial charge in [-0.1, -0.05) is 24.3 Å². The van der Waals surface area contributed by atoms with Crippen LogP contribution in [0.2, 0.25) is 0 Å². The molecule has 150 valence electrons. The first-order chi connectivity index (χ1) is 14.0. The SMILES string of the molecule is COC(=O)c1cccc(C(=O)N2CCC3(CC2)CC3C(=O)Nc2ccccc2)c1. The number of nitrogens with zero attached hydrogens (tertiary/aromatic N) is 1. The lowest BCUT2D eigenvalue weighted by Crippen LogP contribution is -2.40. The van der Waals surface area contributed by atoms with Crippen molar-refractivity contribution >= 4 is 23.5 Å². The maximum atomic E-state index is 12.8. The second-order valence-electron chi connectivity index (χ2n) is 7.84. The highest BCUT2D eigenvalue weighted by Crippen LogP contribution is 2.59. The molecule has 1 heterocycles. The predicted molar refractivity (Wildman–Crippen MR) is 109 cm³/mol. The minimum atomic E-state index is -0.456. The summed E-state index contributed by atoms with van der Waals surface area (Å²) in [5.74, 6) is -0.455. The molecule has 1 saturated carbocycles. The third-order valence-corrected chi connectivity index (χ3v) is 6.12. The fourth-order valence-corrected chi connectivity index (χ4v) is 4.26. The fraction of sp³-hybridized carbons (Fsp3) is 0.348. The van der Waals surface area contributed by atoms with E-state index in [4.69, 9.17) is 4.74 Å². The molecule has 2 aromatic carbocycles. The van der Waals surface area contributed by atoms with E-state index in [1.165, 1.54) is 7.11 Å². The molecule has 1 aliphatic heterocycles. The molecule has 29 heavy (non-hydrogen) atoms. The molecule has 6 nitrogen and oxygen atoms in total. The van der Waals surface area contributed by atoms with Crippen LogP contribution in [0.25, 0.3) is 0 Å². The zero-order valence-electron chi connectivity index (χ0n) is 16.4. The Bertz CT molecular complexity index is 933. The number of hydrogen-bond donors (Lipinski definition) is 1. The molecule has 2 fully saturated rings. The fourth-order valence-electron chi connectivity index (χ4n) is 4.26. The minimum absolute atomic E-state index is 0.0163. The molecule has 1 saturated heterocycles. The summed E-state index contributed by atoms with van der Waals surface area (Å²) in [5.41, 5.74) is 1.69. The highest BCUT2D eigenvalue weighted by atomic mass is 16.5. The van der Waals surface area contributed by atoms with Gasteiger partial charge in [0.1, 0.15) is 0 Å². The average molecular weight is 392 g/mol. The predicted octanol–water partition coefficient (Wildman–Crippen LogP) is 3.35. The van der Waals surface area contributed by atoms with Crippen LogP contribution < -0.4 is 5.32 Å². The van der Waals surface area contributed by atoms with Gasteiger partial charge in [-0.05, 0) is 55.0 Å². The van der Waals surface area contributed by atoms with Gasteiger partial charge in [0.15, 0.2) is 0 Å². The molecule has 1 unspecified atom stereocenters. The summed E-state index contributed by atoms with van der Waals surface area (Å²) in [5, 5.41) is 2.99. The number of benzene rings is 2. The van der Waals surface area contributed by atoms with Crippen molar-refractivity contribution < 1.29 is 19.1 Å². The Morgan fingerprint density at radius 1 is 1.00 bits per heavy atom. The average Bonchev–Trinajstić information content (AvgIpc) is 3.47. The number of para-hydroxylation sites is 1. The van der Waals surface area contributed by atoms with Gasteiger partial charge in [-0.15, -0.1) is 0 Å². The Kier molecular flexibility index (Phi) is 5.09. The summed E-state index contributed by atoms with van der Waals surface area (Å²) in [6.45, 7) is 1.24. The van der Waals surface area contributed by atoms with E-state index in [1.807, 2.05) is 35.2 Å². The first-order valence-electron chi connectivity index (χ1n) is 9.86. The Morgan fingerprint density at radius 2 is 1.69 bits per heavy atom. The van der Waals surface area contributed by atoms with Gasteiger partial charge >= 0.3 is 5.97 Å². The number of piperidine rings is 1. The van der Waals surface area contributed by atoms with Gasteiger partial charge in [0.2, 0.25) is 5.91 Å². The second-order valence-corrected chi connectivity index (χ2v) is 7.84. The summed E-state index contributed by atoms with van der Waals surface area (Å²) < 4.78 is 4.73. The van der Waals surface area contributed by atoms with Crippen LogP contribution in [0.15, 0.2) is 54.6 Å². The quantitative estimate of drug-likeness (QED) is 0.810.